The molecule has 3 fully saturated rings. The molecule has 7 nitrogen and oxygen atoms in total. The molecule has 3 aliphatic rings. The van der Waals surface area contributed by atoms with E-state index in [0.717, 1.165) is 12.8 Å². The van der Waals surface area contributed by atoms with E-state index in [2.05, 4.69) is 5.32 Å². The lowest BCUT2D eigenvalue weighted by Crippen LogP contribution is -2.61. The number of carboxylic acid groups (broad SMARTS) is 1. The molecule has 2 heterocycles. The summed E-state index contributed by atoms with van der Waals surface area (Å²) in [7, 11) is 0. The predicted molar refractivity (Wildman–Crippen MR) is 76.8 cm³/mol. The number of thioether (sulfide) groups is 1. The Morgan fingerprint density at radius 3 is 2.71 bits per heavy atom. The third-order valence-corrected chi connectivity index (χ3v) is 5.77. The molecule has 0 bridgehead atoms. The fourth-order valence-electron chi connectivity index (χ4n) is 2.90. The number of piperazine rings is 1. The van der Waals surface area contributed by atoms with E-state index in [-0.39, 0.29) is 17.3 Å². The standard InChI is InChI=1S/C13H19N3O4S/c1-7-10(17)14-4-5-15(7)13(20)16-9(12(18)19)6-21-11(16)8-2-3-8/h7-9,11H,2-6H2,1H3,(H,14,17)(H,18,19). The van der Waals surface area contributed by atoms with Gasteiger partial charge in [-0.2, -0.15) is 0 Å². The number of hydrogen-bond acceptors (Lipinski definition) is 4. The maximum atomic E-state index is 12.8. The van der Waals surface area contributed by atoms with E-state index in [4.69, 9.17) is 0 Å². The van der Waals surface area contributed by atoms with Gasteiger partial charge in [-0.25, -0.2) is 9.59 Å². The number of aliphatic carboxylic acids is 1. The summed E-state index contributed by atoms with van der Waals surface area (Å²) in [4.78, 5) is 39.0. The maximum absolute atomic E-state index is 12.8. The minimum absolute atomic E-state index is 0.0595. The van der Waals surface area contributed by atoms with E-state index in [1.807, 2.05) is 0 Å². The molecule has 0 aromatic carbocycles. The van der Waals surface area contributed by atoms with E-state index < -0.39 is 18.1 Å². The highest BCUT2D eigenvalue weighted by molar-refractivity contribution is 8.00. The van der Waals surface area contributed by atoms with E-state index in [1.165, 1.54) is 9.80 Å². The zero-order chi connectivity index (χ0) is 15.1. The molecule has 0 aromatic heterocycles. The zero-order valence-electron chi connectivity index (χ0n) is 11.8. The molecule has 8 heteroatoms. The Kier molecular flexibility index (Phi) is 3.73. The lowest BCUT2D eigenvalue weighted by Gasteiger charge is -2.38. The van der Waals surface area contributed by atoms with Crippen LogP contribution < -0.4 is 5.32 Å². The normalized spacial score (nSPS) is 33.0. The van der Waals surface area contributed by atoms with Gasteiger partial charge in [0.2, 0.25) is 5.91 Å². The predicted octanol–water partition coefficient (Wildman–Crippen LogP) is 0.165. The highest BCUT2D eigenvalue weighted by Crippen LogP contribution is 2.45. The first-order valence-electron chi connectivity index (χ1n) is 7.21. The molecular weight excluding hydrogens is 294 g/mol. The SMILES string of the molecule is CC1C(=O)NCCN1C(=O)N1C(C(=O)O)CSC1C1CC1. The second-order valence-electron chi connectivity index (χ2n) is 5.77. The molecule has 3 rings (SSSR count). The van der Waals surface area contributed by atoms with Crippen LogP contribution in [-0.2, 0) is 9.59 Å². The number of urea groups is 1. The summed E-state index contributed by atoms with van der Waals surface area (Å²) < 4.78 is 0. The van der Waals surface area contributed by atoms with Crippen molar-refractivity contribution in [1.29, 1.82) is 0 Å². The molecule has 1 saturated carbocycles. The molecule has 21 heavy (non-hydrogen) atoms. The molecular formula is C13H19N3O4S. The van der Waals surface area contributed by atoms with Gasteiger partial charge in [-0.15, -0.1) is 11.8 Å². The van der Waals surface area contributed by atoms with Crippen LogP contribution in [0.1, 0.15) is 19.8 Å². The van der Waals surface area contributed by atoms with Crippen molar-refractivity contribution < 1.29 is 19.5 Å². The van der Waals surface area contributed by atoms with Crippen LogP contribution in [0.4, 0.5) is 4.79 Å². The average molecular weight is 313 g/mol. The van der Waals surface area contributed by atoms with Crippen molar-refractivity contribution in [2.24, 2.45) is 5.92 Å². The summed E-state index contributed by atoms with van der Waals surface area (Å²) in [5.41, 5.74) is 0. The zero-order valence-corrected chi connectivity index (χ0v) is 12.6. The smallest absolute Gasteiger partial charge is 0.327 e. The number of nitrogens with one attached hydrogen (secondary N) is 1. The van der Waals surface area contributed by atoms with Gasteiger partial charge in [0, 0.05) is 18.8 Å². The fraction of sp³-hybridized carbons (Fsp3) is 0.769. The van der Waals surface area contributed by atoms with Crippen molar-refractivity contribution in [2.45, 2.75) is 37.2 Å². The third-order valence-electron chi connectivity index (χ3n) is 4.31. The third kappa shape index (κ3) is 2.56. The molecule has 3 unspecified atom stereocenters. The van der Waals surface area contributed by atoms with Crippen molar-refractivity contribution in [3.63, 3.8) is 0 Å². The molecule has 1 aliphatic carbocycles. The summed E-state index contributed by atoms with van der Waals surface area (Å²) in [6.07, 6.45) is 2.09. The summed E-state index contributed by atoms with van der Waals surface area (Å²) >= 11 is 1.55. The number of carboxylic acids is 1. The quantitative estimate of drug-likeness (QED) is 0.758. The summed E-state index contributed by atoms with van der Waals surface area (Å²) in [5.74, 6) is -0.321. The van der Waals surface area contributed by atoms with Crippen LogP contribution in [0.25, 0.3) is 0 Å². The van der Waals surface area contributed by atoms with Gasteiger partial charge in [-0.1, -0.05) is 0 Å². The summed E-state index contributed by atoms with van der Waals surface area (Å²) in [6.45, 7) is 2.52. The molecule has 2 N–H and O–H groups in total. The number of carbonyl (C=O) groups excluding carboxylic acids is 2. The number of carbonyl (C=O) groups is 3. The Morgan fingerprint density at radius 2 is 2.10 bits per heavy atom. The average Bonchev–Trinajstić information content (AvgIpc) is 3.19. The Labute approximate surface area is 127 Å². The largest absolute Gasteiger partial charge is 0.480 e. The van der Waals surface area contributed by atoms with Crippen LogP contribution in [0.3, 0.4) is 0 Å². The van der Waals surface area contributed by atoms with Gasteiger partial charge < -0.3 is 15.3 Å². The van der Waals surface area contributed by atoms with Crippen molar-refractivity contribution in [2.75, 3.05) is 18.8 Å². The Morgan fingerprint density at radius 1 is 1.38 bits per heavy atom. The highest BCUT2D eigenvalue weighted by Gasteiger charge is 2.50. The molecule has 116 valence electrons. The minimum atomic E-state index is -0.965. The van der Waals surface area contributed by atoms with Crippen LogP contribution in [0.15, 0.2) is 0 Å². The van der Waals surface area contributed by atoms with E-state index in [0.29, 0.717) is 24.8 Å². The van der Waals surface area contributed by atoms with E-state index in [1.54, 1.807) is 18.7 Å². The van der Waals surface area contributed by atoms with Crippen LogP contribution in [0.2, 0.25) is 0 Å². The monoisotopic (exact) mass is 313 g/mol. The number of amides is 3. The Balaban J connectivity index is 1.82. The van der Waals surface area contributed by atoms with Gasteiger partial charge in [0.25, 0.3) is 0 Å². The van der Waals surface area contributed by atoms with E-state index in [9.17, 15) is 19.5 Å². The number of hydrogen-bond donors (Lipinski definition) is 2. The van der Waals surface area contributed by atoms with Crippen molar-refractivity contribution >= 4 is 29.7 Å². The van der Waals surface area contributed by atoms with Crippen molar-refractivity contribution in [3.8, 4) is 0 Å². The molecule has 0 radical (unpaired) electrons. The Hall–Kier alpha value is -1.44. The van der Waals surface area contributed by atoms with Crippen LogP contribution in [-0.4, -0.2) is 69.1 Å². The van der Waals surface area contributed by atoms with Crippen molar-refractivity contribution in [3.05, 3.63) is 0 Å². The fourth-order valence-corrected chi connectivity index (χ4v) is 4.52. The second-order valence-corrected chi connectivity index (χ2v) is 6.92. The van der Waals surface area contributed by atoms with Crippen LogP contribution in [0, 0.1) is 5.92 Å². The van der Waals surface area contributed by atoms with Crippen LogP contribution in [0.5, 0.6) is 0 Å². The van der Waals surface area contributed by atoms with Gasteiger partial charge in [0.05, 0.1) is 5.37 Å². The highest BCUT2D eigenvalue weighted by atomic mass is 32.2. The van der Waals surface area contributed by atoms with Gasteiger partial charge in [0.1, 0.15) is 12.1 Å². The molecule has 3 amide bonds. The van der Waals surface area contributed by atoms with E-state index >= 15 is 0 Å². The Bertz CT molecular complexity index is 482. The minimum Gasteiger partial charge on any atom is -0.480 e. The maximum Gasteiger partial charge on any atom is 0.327 e. The van der Waals surface area contributed by atoms with Gasteiger partial charge in [-0.05, 0) is 25.7 Å². The summed E-state index contributed by atoms with van der Waals surface area (Å²) in [6, 6.07) is -1.65. The second kappa shape index (κ2) is 5.40. The van der Waals surface area contributed by atoms with Gasteiger partial charge in [-0.3, -0.25) is 9.69 Å². The first-order chi connectivity index (χ1) is 10.0. The van der Waals surface area contributed by atoms with Gasteiger partial charge >= 0.3 is 12.0 Å². The van der Waals surface area contributed by atoms with Gasteiger partial charge in [0.15, 0.2) is 0 Å². The molecule has 0 aromatic rings. The first-order valence-corrected chi connectivity index (χ1v) is 8.26. The number of rotatable bonds is 2. The topological polar surface area (TPSA) is 90.0 Å². The lowest BCUT2D eigenvalue weighted by atomic mass is 10.2. The van der Waals surface area contributed by atoms with Crippen LogP contribution >= 0.6 is 11.8 Å². The molecule has 3 atom stereocenters. The van der Waals surface area contributed by atoms with Crippen molar-refractivity contribution in [1.82, 2.24) is 15.1 Å². The first kappa shape index (κ1) is 14.5. The summed E-state index contributed by atoms with van der Waals surface area (Å²) in [5, 5.41) is 12.0. The molecule has 2 saturated heterocycles. The molecule has 0 spiro atoms. The lowest BCUT2D eigenvalue weighted by molar-refractivity contribution is -0.141. The molecule has 2 aliphatic heterocycles. The number of nitrogens with zero attached hydrogens (tertiary/aromatic N) is 2.